The highest BCUT2D eigenvalue weighted by molar-refractivity contribution is 7.98. The van der Waals surface area contributed by atoms with Crippen LogP contribution in [0.15, 0.2) is 33.7 Å². The van der Waals surface area contributed by atoms with E-state index in [1.165, 1.54) is 11.8 Å². The van der Waals surface area contributed by atoms with Gasteiger partial charge in [0.1, 0.15) is 0 Å². The van der Waals surface area contributed by atoms with Gasteiger partial charge in [0.15, 0.2) is 5.82 Å². The van der Waals surface area contributed by atoms with Crippen LogP contribution in [0.1, 0.15) is 17.3 Å². The van der Waals surface area contributed by atoms with Gasteiger partial charge >= 0.3 is 0 Å². The largest absolute Gasteiger partial charge is 0.339 e. The van der Waals surface area contributed by atoms with Crippen LogP contribution in [0.5, 0.6) is 0 Å². The number of nitrogens with zero attached hydrogens (tertiary/aromatic N) is 2. The van der Waals surface area contributed by atoms with E-state index in [1.807, 2.05) is 31.2 Å². The second kappa shape index (κ2) is 6.60. The zero-order valence-corrected chi connectivity index (χ0v) is 11.5. The summed E-state index contributed by atoms with van der Waals surface area (Å²) in [7, 11) is 0. The number of ketones is 1. The van der Waals surface area contributed by atoms with Crippen molar-refractivity contribution in [2.75, 3.05) is 0 Å². The van der Waals surface area contributed by atoms with Crippen molar-refractivity contribution in [3.05, 3.63) is 41.5 Å². The fraction of sp³-hybridized carbons (Fsp3) is 0.308. The Hall–Kier alpha value is -1.76. The van der Waals surface area contributed by atoms with Crippen molar-refractivity contribution < 1.29 is 18.1 Å². The molecule has 0 atom stereocenters. The summed E-state index contributed by atoms with van der Waals surface area (Å²) in [4.78, 5) is 15.8. The van der Waals surface area contributed by atoms with Crippen molar-refractivity contribution in [2.45, 2.75) is 30.4 Å². The molecule has 2 rings (SSSR count). The molecule has 0 bridgehead atoms. The third-order valence-corrected chi connectivity index (χ3v) is 3.43. The van der Waals surface area contributed by atoms with Crippen LogP contribution in [0.4, 0.5) is 8.78 Å². The third-order valence-electron chi connectivity index (χ3n) is 2.44. The number of hydrogen-bond donors (Lipinski definition) is 0. The van der Waals surface area contributed by atoms with Gasteiger partial charge in [0.25, 0.3) is 6.43 Å². The predicted octanol–water partition coefficient (Wildman–Crippen LogP) is 3.05. The van der Waals surface area contributed by atoms with Gasteiger partial charge in [-0.2, -0.15) is 4.98 Å². The molecule has 0 aliphatic heterocycles. The van der Waals surface area contributed by atoms with Crippen molar-refractivity contribution in [3.8, 4) is 0 Å². The number of carbonyl (C=O) groups excluding carboxylic acids is 1. The summed E-state index contributed by atoms with van der Waals surface area (Å²) in [6.07, 6.45) is -3.54. The highest BCUT2D eigenvalue weighted by Gasteiger charge is 2.19. The Bertz CT molecular complexity index is 602. The molecule has 0 radical (unpaired) electrons. The number of aromatic nitrogens is 2. The second-order valence-electron chi connectivity index (χ2n) is 4.15. The molecule has 0 aliphatic rings. The number of aryl methyl sites for hydroxylation is 1. The fourth-order valence-electron chi connectivity index (χ4n) is 1.50. The van der Waals surface area contributed by atoms with Crippen molar-refractivity contribution in [3.63, 3.8) is 0 Å². The summed E-state index contributed by atoms with van der Waals surface area (Å²) < 4.78 is 28.9. The lowest BCUT2D eigenvalue weighted by Gasteiger charge is -1.99. The Balaban J connectivity index is 1.91. The number of Topliss-reactive ketones (excluding diaryl/α,β-unsaturated/α-hetero) is 1. The summed E-state index contributed by atoms with van der Waals surface area (Å²) in [6, 6.07) is 7.91. The quantitative estimate of drug-likeness (QED) is 0.767. The van der Waals surface area contributed by atoms with Gasteiger partial charge in [-0.25, -0.2) is 8.78 Å². The number of rotatable bonds is 6. The van der Waals surface area contributed by atoms with Gasteiger partial charge in [-0.15, -0.1) is 11.8 Å². The zero-order chi connectivity index (χ0) is 14.5. The van der Waals surface area contributed by atoms with E-state index in [0.29, 0.717) is 11.6 Å². The molecule has 0 saturated heterocycles. The van der Waals surface area contributed by atoms with Gasteiger partial charge in [0, 0.05) is 4.90 Å². The lowest BCUT2D eigenvalue weighted by Crippen LogP contribution is -2.12. The lowest BCUT2D eigenvalue weighted by molar-refractivity contribution is -0.129. The van der Waals surface area contributed by atoms with E-state index in [2.05, 4.69) is 10.1 Å². The highest BCUT2D eigenvalue weighted by Crippen LogP contribution is 2.22. The summed E-state index contributed by atoms with van der Waals surface area (Å²) in [5.74, 6) is -0.453. The minimum atomic E-state index is -3.01. The zero-order valence-electron chi connectivity index (χ0n) is 10.7. The molecule has 2 aromatic rings. The number of hydrogen-bond acceptors (Lipinski definition) is 5. The Kier molecular flexibility index (Phi) is 4.84. The van der Waals surface area contributed by atoms with Crippen LogP contribution in [-0.2, 0) is 17.0 Å². The topological polar surface area (TPSA) is 56.0 Å². The van der Waals surface area contributed by atoms with Gasteiger partial charge in [0.05, 0.1) is 12.2 Å². The number of benzene rings is 1. The highest BCUT2D eigenvalue weighted by atomic mass is 32.2. The van der Waals surface area contributed by atoms with Crippen LogP contribution in [0.3, 0.4) is 0 Å². The van der Waals surface area contributed by atoms with Crippen LogP contribution in [0, 0.1) is 6.92 Å². The Morgan fingerprint density at radius 3 is 2.95 bits per heavy atom. The first kappa shape index (κ1) is 14.6. The lowest BCUT2D eigenvalue weighted by atomic mass is 10.2. The molecular weight excluding hydrogens is 286 g/mol. The van der Waals surface area contributed by atoms with E-state index >= 15 is 0 Å². The van der Waals surface area contributed by atoms with Crippen molar-refractivity contribution in [1.29, 1.82) is 0 Å². The molecule has 0 amide bonds. The predicted molar refractivity (Wildman–Crippen MR) is 69.8 cm³/mol. The summed E-state index contributed by atoms with van der Waals surface area (Å²) in [5.41, 5.74) is 1.14. The Morgan fingerprint density at radius 2 is 2.25 bits per heavy atom. The normalized spacial score (nSPS) is 11.0. The summed E-state index contributed by atoms with van der Waals surface area (Å²) in [5, 5.41) is 3.66. The van der Waals surface area contributed by atoms with Gasteiger partial charge in [0.2, 0.25) is 11.7 Å². The molecule has 0 aliphatic carbocycles. The summed E-state index contributed by atoms with van der Waals surface area (Å²) in [6.45, 7) is 1.99. The van der Waals surface area contributed by atoms with Crippen LogP contribution in [-0.4, -0.2) is 22.3 Å². The number of carbonyl (C=O) groups is 1. The maximum atomic E-state index is 12.1. The average Bonchev–Trinajstić information content (AvgIpc) is 2.84. The van der Waals surface area contributed by atoms with Gasteiger partial charge in [-0.05, 0) is 19.1 Å². The SMILES string of the molecule is Cc1cccc(SCc2noc(CC(=O)C(F)F)n2)c1. The molecule has 0 saturated carbocycles. The first-order chi connectivity index (χ1) is 9.54. The monoisotopic (exact) mass is 298 g/mol. The van der Waals surface area contributed by atoms with Crippen LogP contribution >= 0.6 is 11.8 Å². The van der Waals surface area contributed by atoms with Crippen LogP contribution < -0.4 is 0 Å². The molecule has 0 N–H and O–H groups in total. The van der Waals surface area contributed by atoms with Gasteiger partial charge in [-0.1, -0.05) is 22.9 Å². The van der Waals surface area contributed by atoms with Crippen LogP contribution in [0.25, 0.3) is 0 Å². The average molecular weight is 298 g/mol. The minimum absolute atomic E-state index is 0.0739. The molecule has 1 aromatic heterocycles. The van der Waals surface area contributed by atoms with Crippen LogP contribution in [0.2, 0.25) is 0 Å². The molecule has 0 unspecified atom stereocenters. The number of halogens is 2. The van der Waals surface area contributed by atoms with E-state index in [4.69, 9.17) is 4.52 Å². The molecule has 0 spiro atoms. The van der Waals surface area contributed by atoms with E-state index < -0.39 is 18.6 Å². The molecule has 4 nitrogen and oxygen atoms in total. The first-order valence-electron chi connectivity index (χ1n) is 5.86. The van der Waals surface area contributed by atoms with E-state index in [1.54, 1.807) is 0 Å². The standard InChI is InChI=1S/C13H12F2N2O2S/c1-8-3-2-4-9(5-8)20-7-11-16-12(19-17-11)6-10(18)13(14)15/h2-5,13H,6-7H2,1H3. The molecule has 1 heterocycles. The van der Waals surface area contributed by atoms with E-state index in [-0.39, 0.29) is 5.89 Å². The van der Waals surface area contributed by atoms with E-state index in [9.17, 15) is 13.6 Å². The van der Waals surface area contributed by atoms with Gasteiger partial charge in [-0.3, -0.25) is 4.79 Å². The Labute approximate surface area is 118 Å². The van der Waals surface area contributed by atoms with Crippen molar-refractivity contribution in [1.82, 2.24) is 10.1 Å². The minimum Gasteiger partial charge on any atom is -0.339 e. The number of thioether (sulfide) groups is 1. The molecule has 106 valence electrons. The second-order valence-corrected chi connectivity index (χ2v) is 5.20. The first-order valence-corrected chi connectivity index (χ1v) is 6.85. The van der Waals surface area contributed by atoms with E-state index in [0.717, 1.165) is 10.5 Å². The van der Waals surface area contributed by atoms with Crippen molar-refractivity contribution in [2.24, 2.45) is 0 Å². The molecule has 1 aromatic carbocycles. The Morgan fingerprint density at radius 1 is 1.45 bits per heavy atom. The number of alkyl halides is 2. The smallest absolute Gasteiger partial charge is 0.296 e. The molecular formula is C13H12F2N2O2S. The van der Waals surface area contributed by atoms with Gasteiger partial charge < -0.3 is 4.52 Å². The molecule has 20 heavy (non-hydrogen) atoms. The fourth-order valence-corrected chi connectivity index (χ4v) is 2.36. The third kappa shape index (κ3) is 4.12. The maximum absolute atomic E-state index is 12.1. The molecule has 0 fully saturated rings. The van der Waals surface area contributed by atoms with Crippen molar-refractivity contribution >= 4 is 17.5 Å². The molecule has 7 heteroatoms. The summed E-state index contributed by atoms with van der Waals surface area (Å²) >= 11 is 1.51. The maximum Gasteiger partial charge on any atom is 0.296 e.